The lowest BCUT2D eigenvalue weighted by Gasteiger charge is -2.28. The molecule has 0 saturated heterocycles. The number of rotatable bonds is 18. The molecule has 7 rings (SSSR count). The number of hydrogen-bond acceptors (Lipinski definition) is 12. The summed E-state index contributed by atoms with van der Waals surface area (Å²) in [5.74, 6) is 0.704. The number of fused-ring (bicyclic) bond motifs is 2. The third kappa shape index (κ3) is 11.1. The highest BCUT2D eigenvalue weighted by atomic mass is 32.2. The minimum Gasteiger partial charge on any atom is -0.691 e. The van der Waals surface area contributed by atoms with Crippen LogP contribution in [0.1, 0.15) is 41.8 Å². The van der Waals surface area contributed by atoms with Crippen molar-refractivity contribution < 1.29 is 60.2 Å². The molecule has 0 N–H and O–H groups in total. The first-order valence-electron chi connectivity index (χ1n) is 19.1. The maximum Gasteiger partial charge on any atom is 0.416 e. The molecule has 326 valence electrons. The molecular weight excluding hydrogens is 897 g/mol. The molecule has 0 fully saturated rings. The van der Waals surface area contributed by atoms with Crippen molar-refractivity contribution in [1.82, 2.24) is 0 Å². The van der Waals surface area contributed by atoms with Crippen molar-refractivity contribution in [1.29, 1.82) is 0 Å². The highest BCUT2D eigenvalue weighted by Gasteiger charge is 2.35. The molecule has 1 aromatic heterocycles. The number of allylic oxidation sites excluding steroid dienone is 5. The van der Waals surface area contributed by atoms with Crippen LogP contribution < -0.4 is 24.9 Å². The number of para-hydroxylation sites is 2. The standard InChI is InChI=1S/C43H37F6N3O6S4/c44-42(45,46)31-17-19-37-35(27-31)50(23-7-25-59-57-55-53)39(61-37)21-15-29-13-14-30(41(29)52(33-9-3-1-4-10-33)34-11-5-2-6-12-34)16-22-40-51(24-8-26-60-58-56-54)36-28-32(43(47,48)49)18-20-38(36)62-40/h1-6,9-12,15-22,27-28H,7-8,13-14,23-26H2,(H-,53,54)/p-1. The van der Waals surface area contributed by atoms with Gasteiger partial charge in [0.2, 0.25) is 5.52 Å². The van der Waals surface area contributed by atoms with E-state index < -0.39 is 23.5 Å². The van der Waals surface area contributed by atoms with E-state index in [0.717, 1.165) is 76.6 Å². The third-order valence-corrected chi connectivity index (χ3v) is 13.3. The van der Waals surface area contributed by atoms with Crippen LogP contribution in [-0.2, 0) is 37.6 Å². The summed E-state index contributed by atoms with van der Waals surface area (Å²) in [6.45, 7) is 0.667. The SMILES string of the molecule is [O-]OOSCCCN1/C(=C/C=C2\CCC(/C=C/c3sc4ccc(C(F)(F)F)cc4[n+]3CCCSOO[O-])=C2N(c2ccccc2)c2ccccc2)Sc2ccc(C(F)(F)F)cc21. The van der Waals surface area contributed by atoms with Gasteiger partial charge < -0.3 is 20.3 Å². The highest BCUT2D eigenvalue weighted by molar-refractivity contribution is 8.03. The Bertz CT molecular complexity index is 2410. The van der Waals surface area contributed by atoms with Crippen LogP contribution >= 0.6 is 47.2 Å². The lowest BCUT2D eigenvalue weighted by Crippen LogP contribution is -2.35. The number of anilines is 3. The van der Waals surface area contributed by atoms with Gasteiger partial charge in [0.15, 0.2) is 6.54 Å². The fraction of sp³-hybridized carbons (Fsp3) is 0.233. The van der Waals surface area contributed by atoms with Crippen molar-refractivity contribution in [2.75, 3.05) is 27.9 Å². The Kier molecular flexibility index (Phi) is 15.4. The Labute approximate surface area is 369 Å². The summed E-state index contributed by atoms with van der Waals surface area (Å²) in [6, 6.07) is 27.0. The molecule has 2 aliphatic rings. The molecular formula is C43H36F6N3O6S4-. The van der Waals surface area contributed by atoms with Gasteiger partial charge in [-0.15, -0.1) is 0 Å². The van der Waals surface area contributed by atoms with E-state index in [1.165, 1.54) is 35.2 Å². The van der Waals surface area contributed by atoms with E-state index in [-0.39, 0.29) is 0 Å². The maximum atomic E-state index is 13.9. The molecule has 0 unspecified atom stereocenters. The first-order chi connectivity index (χ1) is 30.0. The largest absolute Gasteiger partial charge is 0.691 e. The van der Waals surface area contributed by atoms with Gasteiger partial charge in [-0.1, -0.05) is 65.6 Å². The number of aryl methyl sites for hydroxylation is 1. The minimum atomic E-state index is -4.54. The molecule has 5 aromatic rings. The topological polar surface area (TPSA) is 93.4 Å². The number of nitrogens with zero attached hydrogens (tertiary/aromatic N) is 3. The zero-order valence-electron chi connectivity index (χ0n) is 32.4. The summed E-state index contributed by atoms with van der Waals surface area (Å²) in [4.78, 5) is 4.65. The third-order valence-electron chi connectivity index (χ3n) is 9.86. The van der Waals surface area contributed by atoms with Crippen LogP contribution in [0.5, 0.6) is 0 Å². The van der Waals surface area contributed by atoms with E-state index in [2.05, 4.69) is 23.6 Å². The van der Waals surface area contributed by atoms with Crippen molar-refractivity contribution in [2.45, 2.75) is 49.5 Å². The van der Waals surface area contributed by atoms with Crippen molar-refractivity contribution >= 4 is 80.5 Å². The summed E-state index contributed by atoms with van der Waals surface area (Å²) in [5, 5.41) is 28.9. The quantitative estimate of drug-likeness (QED) is 0.0210. The Hall–Kier alpha value is -4.28. The van der Waals surface area contributed by atoms with E-state index in [0.29, 0.717) is 81.1 Å². The second-order valence-corrected chi connectivity index (χ2v) is 17.4. The molecule has 0 bridgehead atoms. The Morgan fingerprint density at radius 2 is 1.37 bits per heavy atom. The normalized spacial score (nSPS) is 15.9. The molecule has 2 heterocycles. The van der Waals surface area contributed by atoms with Gasteiger partial charge in [-0.25, -0.2) is 0 Å². The molecule has 1 aliphatic heterocycles. The molecule has 0 spiro atoms. The Balaban J connectivity index is 1.32. The first-order valence-corrected chi connectivity index (χ1v) is 22.5. The summed E-state index contributed by atoms with van der Waals surface area (Å²) >= 11 is 4.33. The number of thiazole rings is 1. The molecule has 4 aromatic carbocycles. The number of benzene rings is 4. The van der Waals surface area contributed by atoms with E-state index in [4.69, 9.17) is 0 Å². The van der Waals surface area contributed by atoms with Crippen LogP contribution in [0.3, 0.4) is 0 Å². The molecule has 1 aliphatic carbocycles. The van der Waals surface area contributed by atoms with E-state index in [1.807, 2.05) is 94.4 Å². The van der Waals surface area contributed by atoms with Crippen LogP contribution in [0.15, 0.2) is 142 Å². The fourth-order valence-corrected chi connectivity index (χ4v) is 10.0. The van der Waals surface area contributed by atoms with Gasteiger partial charge in [0.05, 0.1) is 27.5 Å². The van der Waals surface area contributed by atoms with Crippen LogP contribution in [0, 0.1) is 0 Å². The zero-order chi connectivity index (χ0) is 43.7. The van der Waals surface area contributed by atoms with Crippen molar-refractivity contribution in [2.24, 2.45) is 0 Å². The van der Waals surface area contributed by atoms with Crippen molar-refractivity contribution in [3.05, 3.63) is 153 Å². The smallest absolute Gasteiger partial charge is 0.416 e. The Morgan fingerprint density at radius 1 is 0.742 bits per heavy atom. The molecule has 19 heteroatoms. The van der Waals surface area contributed by atoms with E-state index in [1.54, 1.807) is 0 Å². The number of thioether (sulfide) groups is 1. The lowest BCUT2D eigenvalue weighted by atomic mass is 10.1. The van der Waals surface area contributed by atoms with Crippen LogP contribution in [0.25, 0.3) is 16.3 Å². The molecule has 0 amide bonds. The summed E-state index contributed by atoms with van der Waals surface area (Å²) in [7, 11) is 0. The molecule has 62 heavy (non-hydrogen) atoms. The lowest BCUT2D eigenvalue weighted by molar-refractivity contribution is -0.777. The molecule has 0 radical (unpaired) electrons. The van der Waals surface area contributed by atoms with Gasteiger partial charge in [0.1, 0.15) is 4.70 Å². The molecule has 0 atom stereocenters. The van der Waals surface area contributed by atoms with Crippen molar-refractivity contribution in [3.63, 3.8) is 0 Å². The maximum absolute atomic E-state index is 13.9. The summed E-state index contributed by atoms with van der Waals surface area (Å²) < 4.78 is 94.5. The minimum absolute atomic E-state index is 0.333. The first kappa shape index (κ1) is 45.7. The van der Waals surface area contributed by atoms with Gasteiger partial charge in [0.25, 0.3) is 5.01 Å². The average molecular weight is 933 g/mol. The van der Waals surface area contributed by atoms with Gasteiger partial charge in [-0.2, -0.15) is 39.6 Å². The fourth-order valence-electron chi connectivity index (χ4n) is 7.16. The molecule has 9 nitrogen and oxygen atoms in total. The van der Waals surface area contributed by atoms with Crippen LogP contribution in [0.2, 0.25) is 0 Å². The number of hydrogen-bond donors (Lipinski definition) is 0. The summed E-state index contributed by atoms with van der Waals surface area (Å²) in [5.41, 5.74) is 3.85. The zero-order valence-corrected chi connectivity index (χ0v) is 35.7. The van der Waals surface area contributed by atoms with E-state index in [9.17, 15) is 36.9 Å². The average Bonchev–Trinajstić information content (AvgIpc) is 3.94. The number of aromatic nitrogens is 1. The number of halogens is 6. The van der Waals surface area contributed by atoms with Crippen LogP contribution in [0.4, 0.5) is 43.4 Å². The van der Waals surface area contributed by atoms with Crippen molar-refractivity contribution in [3.8, 4) is 0 Å². The second-order valence-electron chi connectivity index (χ2n) is 13.7. The monoisotopic (exact) mass is 932 g/mol. The summed E-state index contributed by atoms with van der Waals surface area (Å²) in [6.07, 6.45) is 0.874. The second kappa shape index (κ2) is 20.9. The predicted octanol–water partition coefficient (Wildman–Crippen LogP) is 11.0. The van der Waals surface area contributed by atoms with Gasteiger partial charge in [0, 0.05) is 77.0 Å². The van der Waals surface area contributed by atoms with Gasteiger partial charge in [-0.05, 0) is 97.2 Å². The van der Waals surface area contributed by atoms with Gasteiger partial charge >= 0.3 is 12.4 Å². The predicted molar refractivity (Wildman–Crippen MR) is 227 cm³/mol. The Morgan fingerprint density at radius 3 is 2.02 bits per heavy atom. The molecule has 0 saturated carbocycles. The van der Waals surface area contributed by atoms with Crippen LogP contribution in [-0.4, -0.2) is 18.1 Å². The van der Waals surface area contributed by atoms with E-state index >= 15 is 0 Å². The number of alkyl halides is 6. The van der Waals surface area contributed by atoms with Gasteiger partial charge in [-0.3, -0.25) is 10.1 Å². The highest BCUT2D eigenvalue weighted by Crippen LogP contribution is 2.49.